The molecule has 110 valence electrons. The average molecular weight is 296 g/mol. The van der Waals surface area contributed by atoms with Crippen LogP contribution >= 0.6 is 11.8 Å². The molecule has 0 saturated carbocycles. The Morgan fingerprint density at radius 3 is 2.60 bits per heavy atom. The van der Waals surface area contributed by atoms with Crippen LogP contribution in [0, 0.1) is 12.3 Å². The van der Waals surface area contributed by atoms with Gasteiger partial charge >= 0.3 is 5.97 Å². The van der Waals surface area contributed by atoms with E-state index in [2.05, 4.69) is 35.4 Å². The number of aryl methyl sites for hydroxylation is 2. The molecule has 20 heavy (non-hydrogen) atoms. The second-order valence-corrected chi connectivity index (χ2v) is 7.05. The van der Waals surface area contributed by atoms with Crippen LogP contribution in [-0.2, 0) is 18.4 Å². The molecule has 7 heteroatoms. The molecular formula is C13H20N4O2S. The molecular weight excluding hydrogens is 276 g/mol. The Morgan fingerprint density at radius 2 is 2.05 bits per heavy atom. The minimum absolute atomic E-state index is 0.0138. The number of aromatic nitrogens is 4. The third-order valence-corrected chi connectivity index (χ3v) is 3.77. The summed E-state index contributed by atoms with van der Waals surface area (Å²) in [6.07, 6.45) is 0. The number of thioether (sulfide) groups is 1. The maximum Gasteiger partial charge on any atom is 0.313 e. The molecule has 0 amide bonds. The summed E-state index contributed by atoms with van der Waals surface area (Å²) in [5.41, 5.74) is 2.74. The lowest BCUT2D eigenvalue weighted by Gasteiger charge is -2.20. The summed E-state index contributed by atoms with van der Waals surface area (Å²) in [6.45, 7) is 9.13. The molecule has 0 fully saturated rings. The first-order chi connectivity index (χ1) is 9.19. The summed E-state index contributed by atoms with van der Waals surface area (Å²) in [7, 11) is 1.89. The van der Waals surface area contributed by atoms with Crippen LogP contribution in [0.1, 0.15) is 26.5 Å². The predicted octanol–water partition coefficient (Wildman–Crippen LogP) is 2.30. The average Bonchev–Trinajstić information content (AvgIpc) is 2.75. The van der Waals surface area contributed by atoms with Gasteiger partial charge in [0.1, 0.15) is 5.52 Å². The van der Waals surface area contributed by atoms with E-state index in [1.807, 2.05) is 18.7 Å². The molecule has 2 heterocycles. The number of carbonyl (C=O) groups is 1. The summed E-state index contributed by atoms with van der Waals surface area (Å²) in [5.74, 6) is -0.820. The van der Waals surface area contributed by atoms with E-state index in [1.54, 1.807) is 0 Å². The summed E-state index contributed by atoms with van der Waals surface area (Å²) in [4.78, 5) is 15.3. The van der Waals surface area contributed by atoms with E-state index < -0.39 is 5.97 Å². The molecule has 2 aromatic rings. The zero-order valence-electron chi connectivity index (χ0n) is 12.5. The number of carboxylic acids is 1. The Morgan fingerprint density at radius 1 is 1.40 bits per heavy atom. The van der Waals surface area contributed by atoms with Crippen LogP contribution in [0.25, 0.3) is 11.2 Å². The van der Waals surface area contributed by atoms with Crippen molar-refractivity contribution in [3.8, 4) is 0 Å². The molecule has 0 bridgehead atoms. The van der Waals surface area contributed by atoms with Gasteiger partial charge in [-0.25, -0.2) is 4.98 Å². The van der Waals surface area contributed by atoms with Crippen LogP contribution in [0.2, 0.25) is 0 Å². The Hall–Kier alpha value is -1.50. The van der Waals surface area contributed by atoms with E-state index in [-0.39, 0.29) is 11.2 Å². The van der Waals surface area contributed by atoms with Gasteiger partial charge in [0.25, 0.3) is 0 Å². The van der Waals surface area contributed by atoms with Gasteiger partial charge in [-0.1, -0.05) is 32.5 Å². The molecule has 2 rings (SSSR count). The quantitative estimate of drug-likeness (QED) is 0.876. The number of fused-ring (bicyclic) bond motifs is 1. The van der Waals surface area contributed by atoms with Gasteiger partial charge < -0.3 is 9.67 Å². The zero-order chi connectivity index (χ0) is 15.1. The zero-order valence-corrected chi connectivity index (χ0v) is 13.3. The van der Waals surface area contributed by atoms with Gasteiger partial charge in [-0.3, -0.25) is 9.48 Å². The summed E-state index contributed by atoms with van der Waals surface area (Å²) < 4.78 is 3.89. The highest BCUT2D eigenvalue weighted by atomic mass is 32.2. The van der Waals surface area contributed by atoms with Crippen LogP contribution in [0.15, 0.2) is 5.16 Å². The van der Waals surface area contributed by atoms with Crippen molar-refractivity contribution in [3.05, 3.63) is 5.69 Å². The van der Waals surface area contributed by atoms with Crippen molar-refractivity contribution in [1.29, 1.82) is 0 Å². The predicted molar refractivity (Wildman–Crippen MR) is 79.1 cm³/mol. The van der Waals surface area contributed by atoms with E-state index in [0.717, 1.165) is 28.6 Å². The number of aliphatic carboxylic acids is 1. The number of hydrogen-bond donors (Lipinski definition) is 1. The first-order valence-corrected chi connectivity index (χ1v) is 7.42. The number of nitrogens with zero attached hydrogens (tertiary/aromatic N) is 4. The molecule has 0 radical (unpaired) electrons. The third kappa shape index (κ3) is 2.98. The number of rotatable bonds is 4. The standard InChI is InChI=1S/C13H20N4O2S/c1-8-10-11(16(5)15-8)17(7-13(2,3)4)12(14-10)20-6-9(18)19/h6-7H2,1-5H3,(H,18,19). The normalized spacial score (nSPS) is 12.2. The molecule has 0 aliphatic heterocycles. The van der Waals surface area contributed by atoms with Gasteiger partial charge in [-0.2, -0.15) is 5.10 Å². The lowest BCUT2D eigenvalue weighted by molar-refractivity contribution is -0.133. The van der Waals surface area contributed by atoms with Crippen LogP contribution in [0.4, 0.5) is 0 Å². The van der Waals surface area contributed by atoms with E-state index in [9.17, 15) is 4.79 Å². The number of carboxylic acid groups (broad SMARTS) is 1. The Balaban J connectivity index is 2.52. The molecule has 0 atom stereocenters. The fourth-order valence-corrected chi connectivity index (χ4v) is 2.88. The van der Waals surface area contributed by atoms with Gasteiger partial charge in [0.05, 0.1) is 11.4 Å². The summed E-state index contributed by atoms with van der Waals surface area (Å²) in [5, 5.41) is 14.0. The molecule has 0 aliphatic rings. The van der Waals surface area contributed by atoms with Crippen LogP contribution in [0.3, 0.4) is 0 Å². The fraction of sp³-hybridized carbons (Fsp3) is 0.615. The van der Waals surface area contributed by atoms with Gasteiger partial charge in [0.2, 0.25) is 0 Å². The second-order valence-electron chi connectivity index (χ2n) is 6.10. The molecule has 2 aromatic heterocycles. The molecule has 0 saturated heterocycles. The lowest BCUT2D eigenvalue weighted by Crippen LogP contribution is -2.17. The number of imidazole rings is 1. The SMILES string of the molecule is Cc1nn(C)c2c1nc(SCC(=O)O)n2CC(C)(C)C. The Labute approximate surface area is 122 Å². The fourth-order valence-electron chi connectivity index (χ4n) is 2.17. The van der Waals surface area contributed by atoms with Gasteiger partial charge in [-0.15, -0.1) is 0 Å². The first kappa shape index (κ1) is 14.9. The lowest BCUT2D eigenvalue weighted by atomic mass is 9.97. The van der Waals surface area contributed by atoms with E-state index in [0.29, 0.717) is 0 Å². The Kier molecular flexibility index (Phi) is 3.82. The summed E-state index contributed by atoms with van der Waals surface area (Å²) in [6, 6.07) is 0. The summed E-state index contributed by atoms with van der Waals surface area (Å²) >= 11 is 1.25. The molecule has 0 unspecified atom stereocenters. The highest BCUT2D eigenvalue weighted by molar-refractivity contribution is 7.99. The van der Waals surface area contributed by atoms with Crippen molar-refractivity contribution >= 4 is 28.9 Å². The molecule has 0 spiro atoms. The third-order valence-electron chi connectivity index (χ3n) is 2.81. The van der Waals surface area contributed by atoms with Crippen molar-refractivity contribution in [3.63, 3.8) is 0 Å². The van der Waals surface area contributed by atoms with E-state index in [1.165, 1.54) is 11.8 Å². The van der Waals surface area contributed by atoms with E-state index >= 15 is 0 Å². The maximum absolute atomic E-state index is 10.8. The van der Waals surface area contributed by atoms with Crippen LogP contribution in [0.5, 0.6) is 0 Å². The van der Waals surface area contributed by atoms with Crippen molar-refractivity contribution in [2.45, 2.75) is 39.4 Å². The molecule has 6 nitrogen and oxygen atoms in total. The number of hydrogen-bond acceptors (Lipinski definition) is 4. The first-order valence-electron chi connectivity index (χ1n) is 6.43. The van der Waals surface area contributed by atoms with Crippen molar-refractivity contribution < 1.29 is 9.90 Å². The Bertz CT molecular complexity index is 651. The molecule has 1 N–H and O–H groups in total. The van der Waals surface area contributed by atoms with Gasteiger partial charge in [0.15, 0.2) is 10.8 Å². The highest BCUT2D eigenvalue weighted by Crippen LogP contribution is 2.29. The minimum Gasteiger partial charge on any atom is -0.481 e. The van der Waals surface area contributed by atoms with Crippen LogP contribution < -0.4 is 0 Å². The largest absolute Gasteiger partial charge is 0.481 e. The van der Waals surface area contributed by atoms with E-state index in [4.69, 9.17) is 5.11 Å². The van der Waals surface area contributed by atoms with Crippen molar-refractivity contribution in [2.24, 2.45) is 12.5 Å². The molecule has 0 aliphatic carbocycles. The second kappa shape index (κ2) is 5.12. The highest BCUT2D eigenvalue weighted by Gasteiger charge is 2.22. The van der Waals surface area contributed by atoms with Crippen molar-refractivity contribution in [2.75, 3.05) is 5.75 Å². The topological polar surface area (TPSA) is 72.9 Å². The monoisotopic (exact) mass is 296 g/mol. The van der Waals surface area contributed by atoms with Crippen LogP contribution in [-0.4, -0.2) is 36.2 Å². The maximum atomic E-state index is 10.8. The van der Waals surface area contributed by atoms with Gasteiger partial charge in [-0.05, 0) is 12.3 Å². The molecule has 0 aromatic carbocycles. The minimum atomic E-state index is -0.834. The van der Waals surface area contributed by atoms with Gasteiger partial charge in [0, 0.05) is 13.6 Å². The smallest absolute Gasteiger partial charge is 0.313 e. The van der Waals surface area contributed by atoms with Crippen molar-refractivity contribution in [1.82, 2.24) is 19.3 Å².